The van der Waals surface area contributed by atoms with E-state index in [9.17, 15) is 21.4 Å². The van der Waals surface area contributed by atoms with Crippen molar-refractivity contribution in [1.82, 2.24) is 0 Å². The van der Waals surface area contributed by atoms with Crippen LogP contribution in [-0.2, 0) is 20.1 Å². The summed E-state index contributed by atoms with van der Waals surface area (Å²) in [5.41, 5.74) is 1.92. The Morgan fingerprint density at radius 2 is 1.19 bits per heavy atom. The quantitative estimate of drug-likeness (QED) is 0.0710. The van der Waals surface area contributed by atoms with Crippen LogP contribution in [0.25, 0.3) is 0 Å². The van der Waals surface area contributed by atoms with Crippen LogP contribution in [0.15, 0.2) is 57.6 Å². The molecule has 242 valence electrons. The van der Waals surface area contributed by atoms with Gasteiger partial charge in [-0.05, 0) is 62.7 Å². The monoisotopic (exact) mass is 636 g/mol. The van der Waals surface area contributed by atoms with Crippen LogP contribution in [0.1, 0.15) is 111 Å². The van der Waals surface area contributed by atoms with E-state index in [0.717, 1.165) is 38.0 Å². The van der Waals surface area contributed by atoms with Crippen molar-refractivity contribution >= 4 is 42.9 Å². The first-order valence-electron chi connectivity index (χ1n) is 16.0. The van der Waals surface area contributed by atoms with E-state index < -0.39 is 20.1 Å². The van der Waals surface area contributed by atoms with Gasteiger partial charge < -0.3 is 4.90 Å². The molecule has 43 heavy (non-hydrogen) atoms. The molecule has 9 nitrogen and oxygen atoms in total. The minimum Gasteiger partial charge on any atom is -0.372 e. The zero-order valence-corrected chi connectivity index (χ0v) is 27.9. The van der Waals surface area contributed by atoms with E-state index >= 15 is 0 Å². The largest absolute Gasteiger partial charge is 0.372 e. The molecule has 0 atom stereocenters. The van der Waals surface area contributed by atoms with Crippen LogP contribution in [0.2, 0.25) is 0 Å². The Kier molecular flexibility index (Phi) is 16.8. The van der Waals surface area contributed by atoms with Crippen LogP contribution < -0.4 is 9.62 Å². The first-order chi connectivity index (χ1) is 20.6. The van der Waals surface area contributed by atoms with E-state index in [1.54, 1.807) is 12.1 Å². The SMILES string of the molecule is CCCCCCCCCCCCCCCCS(=O)(=O)Nc1cc(N(CC)CC)ccc1N=Nc1ccc(S(=O)(=O)O)cc1. The topological polar surface area (TPSA) is 128 Å². The average Bonchev–Trinajstić information content (AvgIpc) is 2.97. The van der Waals surface area contributed by atoms with Crippen LogP contribution in [0.3, 0.4) is 0 Å². The van der Waals surface area contributed by atoms with E-state index in [4.69, 9.17) is 0 Å². The van der Waals surface area contributed by atoms with E-state index in [1.807, 2.05) is 19.9 Å². The number of unbranched alkanes of at least 4 members (excludes halogenated alkanes) is 13. The number of benzene rings is 2. The Morgan fingerprint density at radius 1 is 0.674 bits per heavy atom. The van der Waals surface area contributed by atoms with E-state index in [1.165, 1.54) is 88.5 Å². The lowest BCUT2D eigenvalue weighted by Gasteiger charge is -2.22. The zero-order chi connectivity index (χ0) is 31.6. The fourth-order valence-corrected chi connectivity index (χ4v) is 6.64. The Balaban J connectivity index is 1.89. The summed E-state index contributed by atoms with van der Waals surface area (Å²) in [7, 11) is -7.91. The fourth-order valence-electron chi connectivity index (χ4n) is 4.98. The molecule has 0 saturated heterocycles. The molecule has 0 radical (unpaired) electrons. The minimum absolute atomic E-state index is 0.0359. The van der Waals surface area contributed by atoms with Crippen LogP contribution >= 0.6 is 0 Å². The van der Waals surface area contributed by atoms with Gasteiger partial charge in [-0.25, -0.2) is 8.42 Å². The molecule has 0 aliphatic carbocycles. The Morgan fingerprint density at radius 3 is 1.67 bits per heavy atom. The molecule has 0 saturated carbocycles. The highest BCUT2D eigenvalue weighted by molar-refractivity contribution is 7.92. The number of nitrogens with one attached hydrogen (secondary N) is 1. The van der Waals surface area contributed by atoms with Gasteiger partial charge in [-0.2, -0.15) is 13.5 Å². The van der Waals surface area contributed by atoms with Crippen molar-refractivity contribution in [2.24, 2.45) is 10.2 Å². The third kappa shape index (κ3) is 14.7. The lowest BCUT2D eigenvalue weighted by Crippen LogP contribution is -2.22. The molecule has 0 fully saturated rings. The van der Waals surface area contributed by atoms with Gasteiger partial charge in [0.05, 0.1) is 22.0 Å². The average molecular weight is 637 g/mol. The van der Waals surface area contributed by atoms with Crippen molar-refractivity contribution in [3.8, 4) is 0 Å². The highest BCUT2D eigenvalue weighted by Crippen LogP contribution is 2.33. The first kappa shape index (κ1) is 36.7. The summed E-state index contributed by atoms with van der Waals surface area (Å²) in [5, 5.41) is 8.39. The summed E-state index contributed by atoms with van der Waals surface area (Å²) in [4.78, 5) is 1.87. The van der Waals surface area contributed by atoms with E-state index in [0.29, 0.717) is 23.5 Å². The summed E-state index contributed by atoms with van der Waals surface area (Å²) in [6.45, 7) is 7.85. The second-order valence-corrected chi connectivity index (χ2v) is 14.3. The van der Waals surface area contributed by atoms with Crippen LogP contribution in [0.5, 0.6) is 0 Å². The van der Waals surface area contributed by atoms with E-state index in [2.05, 4.69) is 26.8 Å². The molecule has 0 amide bonds. The predicted molar refractivity (Wildman–Crippen MR) is 178 cm³/mol. The van der Waals surface area contributed by atoms with Gasteiger partial charge in [-0.1, -0.05) is 90.4 Å². The number of rotatable bonds is 23. The molecule has 2 rings (SSSR count). The molecule has 11 heteroatoms. The van der Waals surface area contributed by atoms with Gasteiger partial charge >= 0.3 is 0 Å². The lowest BCUT2D eigenvalue weighted by atomic mass is 10.0. The molecular formula is C32H52N4O5S2. The molecule has 2 aromatic carbocycles. The van der Waals surface area contributed by atoms with Crippen LogP contribution in [0, 0.1) is 0 Å². The third-order valence-corrected chi connectivity index (χ3v) is 9.77. The maximum absolute atomic E-state index is 13.0. The van der Waals surface area contributed by atoms with Gasteiger partial charge in [0.2, 0.25) is 10.0 Å². The minimum atomic E-state index is -4.31. The highest BCUT2D eigenvalue weighted by atomic mass is 32.2. The fraction of sp³-hybridized carbons (Fsp3) is 0.625. The number of hydrogen-bond donors (Lipinski definition) is 2. The third-order valence-electron chi connectivity index (χ3n) is 7.55. The number of hydrogen-bond acceptors (Lipinski definition) is 7. The summed E-state index contributed by atoms with van der Waals surface area (Å²) in [5.74, 6) is 0.0359. The van der Waals surface area contributed by atoms with Gasteiger partial charge in [0, 0.05) is 18.8 Å². The molecular weight excluding hydrogens is 585 g/mol. The van der Waals surface area contributed by atoms with Crippen molar-refractivity contribution in [1.29, 1.82) is 0 Å². The lowest BCUT2D eigenvalue weighted by molar-refractivity contribution is 0.483. The Bertz CT molecular complexity index is 1310. The molecule has 0 bridgehead atoms. The van der Waals surface area contributed by atoms with Crippen molar-refractivity contribution in [3.05, 3.63) is 42.5 Å². The van der Waals surface area contributed by atoms with Gasteiger partial charge in [-0.15, -0.1) is 5.11 Å². The summed E-state index contributed by atoms with van der Waals surface area (Å²) < 4.78 is 60.5. The van der Waals surface area contributed by atoms with Crippen molar-refractivity contribution in [2.75, 3.05) is 28.5 Å². The smallest absolute Gasteiger partial charge is 0.294 e. The number of nitrogens with zero attached hydrogens (tertiary/aromatic N) is 3. The van der Waals surface area contributed by atoms with Crippen molar-refractivity contribution in [2.45, 2.75) is 116 Å². The van der Waals surface area contributed by atoms with Gasteiger partial charge in [0.25, 0.3) is 10.1 Å². The normalized spacial score (nSPS) is 12.2. The standard InChI is InChI=1S/C32H52N4O5S2/c1-4-7-8-9-10-11-12-13-14-15-16-17-18-19-26-42(37,38)35-32-27-29(36(5-2)6-3)22-25-31(32)34-33-28-20-23-30(24-21-28)43(39,40)41/h20-25,27,35H,4-19,26H2,1-3H3,(H,39,40,41). The summed E-state index contributed by atoms with van der Waals surface area (Å²) in [6.07, 6.45) is 16.9. The molecule has 0 unspecified atom stereocenters. The maximum Gasteiger partial charge on any atom is 0.294 e. The molecule has 0 heterocycles. The second-order valence-electron chi connectivity index (χ2n) is 11.1. The maximum atomic E-state index is 13.0. The molecule has 2 aromatic rings. The van der Waals surface area contributed by atoms with Crippen LogP contribution in [-0.4, -0.2) is 40.2 Å². The Labute approximate surface area is 260 Å². The summed E-state index contributed by atoms with van der Waals surface area (Å²) in [6, 6.07) is 10.6. The number of sulfonamides is 1. The van der Waals surface area contributed by atoms with Crippen LogP contribution in [0.4, 0.5) is 22.7 Å². The Hall–Kier alpha value is -2.50. The number of anilines is 2. The second kappa shape index (κ2) is 19.7. The molecule has 0 aliphatic heterocycles. The molecule has 0 aliphatic rings. The first-order valence-corrected chi connectivity index (χ1v) is 19.1. The van der Waals surface area contributed by atoms with Crippen molar-refractivity contribution in [3.63, 3.8) is 0 Å². The molecule has 2 N–H and O–H groups in total. The summed E-state index contributed by atoms with van der Waals surface area (Å²) >= 11 is 0. The van der Waals surface area contributed by atoms with Gasteiger partial charge in [0.1, 0.15) is 5.69 Å². The van der Waals surface area contributed by atoms with Gasteiger partial charge in [0.15, 0.2) is 0 Å². The zero-order valence-electron chi connectivity index (χ0n) is 26.3. The number of azo groups is 1. The van der Waals surface area contributed by atoms with Gasteiger partial charge in [-0.3, -0.25) is 9.27 Å². The van der Waals surface area contributed by atoms with E-state index in [-0.39, 0.29) is 10.6 Å². The molecule has 0 spiro atoms. The predicted octanol–water partition coefficient (Wildman–Crippen LogP) is 9.42. The highest BCUT2D eigenvalue weighted by Gasteiger charge is 2.15. The molecule has 0 aromatic heterocycles. The van der Waals surface area contributed by atoms with Crippen molar-refractivity contribution < 1.29 is 21.4 Å².